The molecule has 0 aliphatic rings. The summed E-state index contributed by atoms with van der Waals surface area (Å²) in [5, 5.41) is 8.73. The van der Waals surface area contributed by atoms with Crippen molar-refractivity contribution in [1.29, 1.82) is 0 Å². The van der Waals surface area contributed by atoms with Gasteiger partial charge in [0, 0.05) is 6.54 Å². The molecule has 0 radical (unpaired) electrons. The standard InChI is InChI=1S/C14H21NO3/c1-4-15(10-14(16)17)7-8-18-13-9-11(2)5-6-12(13)3/h5-6,9H,4,7-8,10H2,1-3H3,(H,16,17). The largest absolute Gasteiger partial charge is 0.492 e. The quantitative estimate of drug-likeness (QED) is 0.806. The first-order valence-corrected chi connectivity index (χ1v) is 6.17. The molecule has 0 saturated heterocycles. The van der Waals surface area contributed by atoms with E-state index in [4.69, 9.17) is 9.84 Å². The Balaban J connectivity index is 2.45. The van der Waals surface area contributed by atoms with Crippen molar-refractivity contribution < 1.29 is 14.6 Å². The van der Waals surface area contributed by atoms with E-state index in [0.717, 1.165) is 16.9 Å². The van der Waals surface area contributed by atoms with Crippen molar-refractivity contribution in [2.45, 2.75) is 20.8 Å². The third kappa shape index (κ3) is 4.75. The smallest absolute Gasteiger partial charge is 0.317 e. The van der Waals surface area contributed by atoms with Crippen LogP contribution in [0.5, 0.6) is 5.75 Å². The molecule has 0 saturated carbocycles. The SMILES string of the molecule is CCN(CCOc1cc(C)ccc1C)CC(=O)O. The van der Waals surface area contributed by atoms with Gasteiger partial charge < -0.3 is 9.84 Å². The van der Waals surface area contributed by atoms with E-state index in [9.17, 15) is 4.79 Å². The monoisotopic (exact) mass is 251 g/mol. The summed E-state index contributed by atoms with van der Waals surface area (Å²) >= 11 is 0. The highest BCUT2D eigenvalue weighted by atomic mass is 16.5. The molecule has 0 unspecified atom stereocenters. The number of hydrogen-bond acceptors (Lipinski definition) is 3. The summed E-state index contributed by atoms with van der Waals surface area (Å²) in [6, 6.07) is 6.08. The highest BCUT2D eigenvalue weighted by molar-refractivity contribution is 5.69. The number of carbonyl (C=O) groups is 1. The third-order valence-electron chi connectivity index (χ3n) is 2.81. The molecule has 0 heterocycles. The van der Waals surface area contributed by atoms with Crippen LogP contribution in [-0.2, 0) is 4.79 Å². The molecule has 0 fully saturated rings. The van der Waals surface area contributed by atoms with E-state index in [0.29, 0.717) is 19.7 Å². The van der Waals surface area contributed by atoms with E-state index in [2.05, 4.69) is 0 Å². The molecular weight excluding hydrogens is 230 g/mol. The topological polar surface area (TPSA) is 49.8 Å². The molecule has 0 atom stereocenters. The molecule has 0 aromatic heterocycles. The molecule has 1 N–H and O–H groups in total. The lowest BCUT2D eigenvalue weighted by atomic mass is 10.1. The predicted molar refractivity (Wildman–Crippen MR) is 71.2 cm³/mol. The molecule has 1 rings (SSSR count). The van der Waals surface area contributed by atoms with Gasteiger partial charge in [0.15, 0.2) is 0 Å². The lowest BCUT2D eigenvalue weighted by molar-refractivity contribution is -0.138. The average Bonchev–Trinajstić information content (AvgIpc) is 2.31. The Labute approximate surface area is 108 Å². The number of likely N-dealkylation sites (N-methyl/N-ethyl adjacent to an activating group) is 1. The van der Waals surface area contributed by atoms with Crippen LogP contribution in [0, 0.1) is 13.8 Å². The Hall–Kier alpha value is -1.55. The fourth-order valence-electron chi connectivity index (χ4n) is 1.69. The zero-order valence-electron chi connectivity index (χ0n) is 11.3. The number of nitrogens with zero attached hydrogens (tertiary/aromatic N) is 1. The summed E-state index contributed by atoms with van der Waals surface area (Å²) in [6.07, 6.45) is 0. The van der Waals surface area contributed by atoms with Gasteiger partial charge in [-0.05, 0) is 37.6 Å². The predicted octanol–water partition coefficient (Wildman–Crippen LogP) is 2.09. The molecule has 0 aliphatic carbocycles. The number of hydrogen-bond donors (Lipinski definition) is 1. The number of benzene rings is 1. The summed E-state index contributed by atoms with van der Waals surface area (Å²) < 4.78 is 5.70. The van der Waals surface area contributed by atoms with Crippen molar-refractivity contribution in [3.8, 4) is 5.75 Å². The van der Waals surface area contributed by atoms with E-state index >= 15 is 0 Å². The van der Waals surface area contributed by atoms with Gasteiger partial charge in [0.2, 0.25) is 0 Å². The maximum Gasteiger partial charge on any atom is 0.317 e. The number of ether oxygens (including phenoxy) is 1. The van der Waals surface area contributed by atoms with Crippen molar-refractivity contribution >= 4 is 5.97 Å². The normalized spacial score (nSPS) is 10.7. The maximum absolute atomic E-state index is 10.6. The molecule has 1 aromatic rings. The highest BCUT2D eigenvalue weighted by Crippen LogP contribution is 2.18. The minimum Gasteiger partial charge on any atom is -0.492 e. The lowest BCUT2D eigenvalue weighted by Crippen LogP contribution is -2.33. The van der Waals surface area contributed by atoms with Gasteiger partial charge in [0.05, 0.1) is 6.54 Å². The van der Waals surface area contributed by atoms with Crippen LogP contribution in [-0.4, -0.2) is 42.2 Å². The van der Waals surface area contributed by atoms with Crippen LogP contribution in [0.3, 0.4) is 0 Å². The minimum atomic E-state index is -0.802. The van der Waals surface area contributed by atoms with Crippen molar-refractivity contribution in [3.63, 3.8) is 0 Å². The first-order valence-electron chi connectivity index (χ1n) is 6.17. The van der Waals surface area contributed by atoms with Crippen LogP contribution in [0.2, 0.25) is 0 Å². The molecule has 4 heteroatoms. The van der Waals surface area contributed by atoms with Gasteiger partial charge >= 0.3 is 5.97 Å². The molecular formula is C14H21NO3. The molecule has 0 amide bonds. The second-order valence-corrected chi connectivity index (χ2v) is 4.38. The van der Waals surface area contributed by atoms with Crippen LogP contribution in [0.15, 0.2) is 18.2 Å². The van der Waals surface area contributed by atoms with E-state index in [1.165, 1.54) is 0 Å². The van der Waals surface area contributed by atoms with Crippen LogP contribution in [0.1, 0.15) is 18.1 Å². The van der Waals surface area contributed by atoms with Crippen LogP contribution in [0.25, 0.3) is 0 Å². The number of carboxylic acids is 1. The fraction of sp³-hybridized carbons (Fsp3) is 0.500. The van der Waals surface area contributed by atoms with Crippen molar-refractivity contribution in [3.05, 3.63) is 29.3 Å². The third-order valence-corrected chi connectivity index (χ3v) is 2.81. The lowest BCUT2D eigenvalue weighted by Gasteiger charge is -2.18. The molecule has 0 aliphatic heterocycles. The van der Waals surface area contributed by atoms with Gasteiger partial charge in [0.25, 0.3) is 0 Å². The summed E-state index contributed by atoms with van der Waals surface area (Å²) in [4.78, 5) is 12.5. The average molecular weight is 251 g/mol. The van der Waals surface area contributed by atoms with Gasteiger partial charge in [-0.3, -0.25) is 9.69 Å². The number of aliphatic carboxylic acids is 1. The molecule has 18 heavy (non-hydrogen) atoms. The van der Waals surface area contributed by atoms with E-state index in [1.807, 2.05) is 43.9 Å². The van der Waals surface area contributed by atoms with Gasteiger partial charge in [-0.25, -0.2) is 0 Å². The molecule has 0 spiro atoms. The Morgan fingerprint density at radius 2 is 2.11 bits per heavy atom. The van der Waals surface area contributed by atoms with Gasteiger partial charge in [0.1, 0.15) is 12.4 Å². The second-order valence-electron chi connectivity index (χ2n) is 4.38. The Morgan fingerprint density at radius 3 is 2.72 bits per heavy atom. The second kappa shape index (κ2) is 7.01. The van der Waals surface area contributed by atoms with Crippen LogP contribution < -0.4 is 4.74 Å². The summed E-state index contributed by atoms with van der Waals surface area (Å²) in [5.41, 5.74) is 2.26. The maximum atomic E-state index is 10.6. The van der Waals surface area contributed by atoms with Crippen molar-refractivity contribution in [1.82, 2.24) is 4.90 Å². The summed E-state index contributed by atoms with van der Waals surface area (Å²) in [5.74, 6) is 0.0740. The molecule has 1 aromatic carbocycles. The first-order chi connectivity index (χ1) is 8.52. The minimum absolute atomic E-state index is 0.0622. The van der Waals surface area contributed by atoms with Crippen LogP contribution in [0.4, 0.5) is 0 Å². The highest BCUT2D eigenvalue weighted by Gasteiger charge is 2.07. The first kappa shape index (κ1) is 14.5. The van der Waals surface area contributed by atoms with E-state index in [1.54, 1.807) is 0 Å². The van der Waals surface area contributed by atoms with Gasteiger partial charge in [-0.15, -0.1) is 0 Å². The summed E-state index contributed by atoms with van der Waals surface area (Å²) in [7, 11) is 0. The zero-order chi connectivity index (χ0) is 13.5. The fourth-order valence-corrected chi connectivity index (χ4v) is 1.69. The number of rotatable bonds is 7. The molecule has 100 valence electrons. The number of aryl methyl sites for hydroxylation is 2. The van der Waals surface area contributed by atoms with E-state index in [-0.39, 0.29) is 6.54 Å². The molecule has 0 bridgehead atoms. The summed E-state index contributed by atoms with van der Waals surface area (Å²) in [6.45, 7) is 7.87. The Bertz CT molecular complexity index is 404. The molecule has 4 nitrogen and oxygen atoms in total. The van der Waals surface area contributed by atoms with Gasteiger partial charge in [-0.1, -0.05) is 19.1 Å². The number of carboxylic acid groups (broad SMARTS) is 1. The van der Waals surface area contributed by atoms with Crippen molar-refractivity contribution in [2.75, 3.05) is 26.2 Å². The van der Waals surface area contributed by atoms with Gasteiger partial charge in [-0.2, -0.15) is 0 Å². The van der Waals surface area contributed by atoms with Crippen molar-refractivity contribution in [2.24, 2.45) is 0 Å². The Morgan fingerprint density at radius 1 is 1.39 bits per heavy atom. The van der Waals surface area contributed by atoms with E-state index < -0.39 is 5.97 Å². The Kier molecular flexibility index (Phi) is 5.65. The zero-order valence-corrected chi connectivity index (χ0v) is 11.3. The van der Waals surface area contributed by atoms with Crippen LogP contribution >= 0.6 is 0 Å².